The second kappa shape index (κ2) is 7.61. The number of pyridine rings is 1. The molecule has 0 saturated carbocycles. The van der Waals surface area contributed by atoms with Crippen LogP contribution in [0.2, 0.25) is 0 Å². The zero-order valence-corrected chi connectivity index (χ0v) is 14.5. The lowest BCUT2D eigenvalue weighted by molar-refractivity contribution is -0.135. The summed E-state index contributed by atoms with van der Waals surface area (Å²) in [6.07, 6.45) is 1.43. The Morgan fingerprint density at radius 3 is 2.27 bits per heavy atom. The number of carbonyl (C=O) groups excluding carboxylic acids is 2. The van der Waals surface area contributed by atoms with E-state index < -0.39 is 29.1 Å². The number of hydrogen-bond donors (Lipinski definition) is 0. The van der Waals surface area contributed by atoms with Crippen LogP contribution in [-0.2, 0) is 4.79 Å². The van der Waals surface area contributed by atoms with E-state index in [1.54, 1.807) is 17.0 Å². The summed E-state index contributed by atoms with van der Waals surface area (Å²) in [5.74, 6) is -1.41. The Hall–Kier alpha value is -2.80. The Bertz CT molecular complexity index is 855. The molecule has 0 aliphatic carbocycles. The first kappa shape index (κ1) is 18.0. The Kier molecular flexibility index (Phi) is 5.27. The van der Waals surface area contributed by atoms with Gasteiger partial charge in [0, 0.05) is 44.0 Å². The monoisotopic (exact) mass is 357 g/mol. The predicted octanol–water partition coefficient (Wildman–Crippen LogP) is 1.19. The van der Waals surface area contributed by atoms with Gasteiger partial charge in [0.05, 0.1) is 0 Å². The van der Waals surface area contributed by atoms with Crippen LogP contribution in [0.25, 0.3) is 0 Å². The molecule has 6 nitrogen and oxygen atoms in total. The van der Waals surface area contributed by atoms with E-state index in [9.17, 15) is 18.8 Å². The van der Waals surface area contributed by atoms with E-state index in [-0.39, 0.29) is 5.56 Å². The van der Waals surface area contributed by atoms with Gasteiger partial charge in [0.1, 0.15) is 5.82 Å². The molecule has 3 rings (SSSR count). The summed E-state index contributed by atoms with van der Waals surface area (Å²) in [7, 11) is 1.96. The van der Waals surface area contributed by atoms with Crippen molar-refractivity contribution in [2.75, 3.05) is 33.2 Å². The summed E-state index contributed by atoms with van der Waals surface area (Å²) in [5.41, 5.74) is -0.245. The van der Waals surface area contributed by atoms with Crippen molar-refractivity contribution in [1.29, 1.82) is 0 Å². The van der Waals surface area contributed by atoms with Crippen LogP contribution in [-0.4, -0.2) is 59.3 Å². The van der Waals surface area contributed by atoms with Crippen LogP contribution in [0.15, 0.2) is 53.5 Å². The third-order valence-corrected chi connectivity index (χ3v) is 4.56. The molecule has 1 aliphatic heterocycles. The number of ketones is 1. The van der Waals surface area contributed by atoms with E-state index in [4.69, 9.17) is 0 Å². The molecule has 0 N–H and O–H groups in total. The maximum absolute atomic E-state index is 13.2. The molecular weight excluding hydrogens is 337 g/mol. The minimum absolute atomic E-state index is 0.189. The highest BCUT2D eigenvalue weighted by Gasteiger charge is 2.34. The molecule has 0 bridgehead atoms. The third kappa shape index (κ3) is 3.72. The van der Waals surface area contributed by atoms with Gasteiger partial charge in [0.25, 0.3) is 11.5 Å². The smallest absolute Gasteiger partial charge is 0.253 e. The molecule has 2 aromatic rings. The number of carbonyl (C=O) groups is 2. The molecular formula is C19H20FN3O3. The number of rotatable bonds is 4. The van der Waals surface area contributed by atoms with Crippen molar-refractivity contribution in [2.45, 2.75) is 6.04 Å². The average molecular weight is 357 g/mol. The number of amides is 1. The van der Waals surface area contributed by atoms with E-state index >= 15 is 0 Å². The van der Waals surface area contributed by atoms with Gasteiger partial charge in [-0.15, -0.1) is 0 Å². The lowest BCUT2D eigenvalue weighted by Gasteiger charge is -2.34. The summed E-state index contributed by atoms with van der Waals surface area (Å²) in [5, 5.41) is 0. The molecule has 1 saturated heterocycles. The first-order valence-electron chi connectivity index (χ1n) is 8.41. The van der Waals surface area contributed by atoms with Crippen LogP contribution in [0.1, 0.15) is 16.4 Å². The normalized spacial score (nSPS) is 16.3. The molecule has 0 radical (unpaired) electrons. The number of Topliss-reactive ketones (excluding diaryl/α,β-unsaturated/α-hetero) is 1. The van der Waals surface area contributed by atoms with Gasteiger partial charge in [-0.05, 0) is 37.4 Å². The lowest BCUT2D eigenvalue weighted by Crippen LogP contribution is -2.51. The predicted molar refractivity (Wildman–Crippen MR) is 94.5 cm³/mol. The number of nitrogens with zero attached hydrogens (tertiary/aromatic N) is 3. The van der Waals surface area contributed by atoms with Crippen molar-refractivity contribution in [2.24, 2.45) is 0 Å². The summed E-state index contributed by atoms with van der Waals surface area (Å²) >= 11 is 0. The van der Waals surface area contributed by atoms with Crippen LogP contribution in [0, 0.1) is 5.82 Å². The number of aromatic nitrogens is 1. The van der Waals surface area contributed by atoms with E-state index in [1.165, 1.54) is 36.5 Å². The standard InChI is InChI=1S/C19H20FN3O3/c1-21-10-12-22(13-11-21)19(26)17(23-9-3-2-4-16(23)24)18(25)14-5-7-15(20)8-6-14/h2-9,17H,10-13H2,1H3/t17-/m1/s1. The summed E-state index contributed by atoms with van der Waals surface area (Å²) in [4.78, 5) is 42.1. The van der Waals surface area contributed by atoms with Crippen molar-refractivity contribution in [3.63, 3.8) is 0 Å². The van der Waals surface area contributed by atoms with Crippen molar-refractivity contribution < 1.29 is 14.0 Å². The molecule has 7 heteroatoms. The summed E-state index contributed by atoms with van der Waals surface area (Å²) in [6, 6.07) is 8.16. The maximum Gasteiger partial charge on any atom is 0.253 e. The molecule has 1 aliphatic rings. The molecule has 1 atom stereocenters. The minimum atomic E-state index is -1.29. The van der Waals surface area contributed by atoms with E-state index in [1.807, 2.05) is 7.05 Å². The zero-order chi connectivity index (χ0) is 18.7. The molecule has 26 heavy (non-hydrogen) atoms. The quantitative estimate of drug-likeness (QED) is 0.609. The second-order valence-electron chi connectivity index (χ2n) is 6.35. The van der Waals surface area contributed by atoms with Gasteiger partial charge in [-0.1, -0.05) is 6.07 Å². The topological polar surface area (TPSA) is 62.6 Å². The molecule has 1 amide bonds. The van der Waals surface area contributed by atoms with E-state index in [0.29, 0.717) is 26.2 Å². The van der Waals surface area contributed by atoms with Crippen molar-refractivity contribution in [1.82, 2.24) is 14.4 Å². The van der Waals surface area contributed by atoms with E-state index in [2.05, 4.69) is 4.90 Å². The molecule has 2 heterocycles. The van der Waals surface area contributed by atoms with Gasteiger partial charge in [-0.3, -0.25) is 19.0 Å². The van der Waals surface area contributed by atoms with Crippen molar-refractivity contribution >= 4 is 11.7 Å². The molecule has 1 aromatic heterocycles. The number of hydrogen-bond acceptors (Lipinski definition) is 4. The minimum Gasteiger partial charge on any atom is -0.338 e. The van der Waals surface area contributed by atoms with Crippen LogP contribution >= 0.6 is 0 Å². The van der Waals surface area contributed by atoms with Gasteiger partial charge in [0.2, 0.25) is 0 Å². The summed E-state index contributed by atoms with van der Waals surface area (Å²) < 4.78 is 14.3. The largest absolute Gasteiger partial charge is 0.338 e. The fourth-order valence-corrected chi connectivity index (χ4v) is 2.98. The Morgan fingerprint density at radius 1 is 1.00 bits per heavy atom. The molecule has 136 valence electrons. The number of likely N-dealkylation sites (N-methyl/N-ethyl adjacent to an activating group) is 1. The molecule has 0 spiro atoms. The Balaban J connectivity index is 1.98. The fourth-order valence-electron chi connectivity index (χ4n) is 2.98. The SMILES string of the molecule is CN1CCN(C(=O)[C@@H](C(=O)c2ccc(F)cc2)n2ccccc2=O)CC1. The summed E-state index contributed by atoms with van der Waals surface area (Å²) in [6.45, 7) is 2.38. The second-order valence-corrected chi connectivity index (χ2v) is 6.35. The van der Waals surface area contributed by atoms with Gasteiger partial charge in [0.15, 0.2) is 11.8 Å². The first-order valence-corrected chi connectivity index (χ1v) is 8.41. The molecule has 1 fully saturated rings. The number of benzene rings is 1. The Morgan fingerprint density at radius 2 is 1.65 bits per heavy atom. The number of piperazine rings is 1. The van der Waals surface area contributed by atoms with Crippen molar-refractivity contribution in [3.8, 4) is 0 Å². The van der Waals surface area contributed by atoms with Crippen LogP contribution < -0.4 is 5.56 Å². The lowest BCUT2D eigenvalue weighted by atomic mass is 10.0. The molecule has 1 aromatic carbocycles. The van der Waals surface area contributed by atoms with Gasteiger partial charge in [-0.2, -0.15) is 0 Å². The van der Waals surface area contributed by atoms with Gasteiger partial charge >= 0.3 is 0 Å². The number of halogens is 1. The highest BCUT2D eigenvalue weighted by molar-refractivity contribution is 6.11. The van der Waals surface area contributed by atoms with Crippen LogP contribution in [0.5, 0.6) is 0 Å². The van der Waals surface area contributed by atoms with Crippen LogP contribution in [0.3, 0.4) is 0 Å². The highest BCUT2D eigenvalue weighted by atomic mass is 19.1. The van der Waals surface area contributed by atoms with Gasteiger partial charge in [-0.25, -0.2) is 4.39 Å². The van der Waals surface area contributed by atoms with Crippen LogP contribution in [0.4, 0.5) is 4.39 Å². The third-order valence-electron chi connectivity index (χ3n) is 4.56. The average Bonchev–Trinajstić information content (AvgIpc) is 2.64. The van der Waals surface area contributed by atoms with Crippen molar-refractivity contribution in [3.05, 3.63) is 70.4 Å². The molecule has 0 unspecified atom stereocenters. The van der Waals surface area contributed by atoms with E-state index in [0.717, 1.165) is 4.57 Å². The van der Waals surface area contributed by atoms with Gasteiger partial charge < -0.3 is 9.80 Å². The zero-order valence-electron chi connectivity index (χ0n) is 14.5. The Labute approximate surface area is 150 Å². The first-order chi connectivity index (χ1) is 12.5. The highest BCUT2D eigenvalue weighted by Crippen LogP contribution is 2.18. The maximum atomic E-state index is 13.2. The fraction of sp³-hybridized carbons (Fsp3) is 0.316.